The van der Waals surface area contributed by atoms with Crippen LogP contribution in [0.1, 0.15) is 45.5 Å². The second kappa shape index (κ2) is 13.4. The lowest BCUT2D eigenvalue weighted by atomic mass is 10.0. The highest BCUT2D eigenvalue weighted by Gasteiger charge is 2.31. The Hall–Kier alpha value is -4.61. The van der Waals surface area contributed by atoms with Crippen molar-refractivity contribution in [2.45, 2.75) is 32.9 Å². The number of aryl methyl sites for hydroxylation is 2. The molecule has 218 valence electrons. The van der Waals surface area contributed by atoms with Gasteiger partial charge in [-0.15, -0.1) is 12.4 Å². The third kappa shape index (κ3) is 7.36. The third-order valence-corrected chi connectivity index (χ3v) is 6.42. The summed E-state index contributed by atoms with van der Waals surface area (Å²) in [6.07, 6.45) is 4.62. The lowest BCUT2D eigenvalue weighted by Crippen LogP contribution is -2.14. The molecule has 0 atom stereocenters. The first-order valence-corrected chi connectivity index (χ1v) is 12.6. The van der Waals surface area contributed by atoms with Gasteiger partial charge in [0.15, 0.2) is 0 Å². The van der Waals surface area contributed by atoms with Crippen molar-refractivity contribution in [3.63, 3.8) is 0 Å². The number of pyridine rings is 1. The minimum Gasteiger partial charge on any atom is -0.412 e. The van der Waals surface area contributed by atoms with E-state index in [1.54, 1.807) is 49.1 Å². The van der Waals surface area contributed by atoms with Gasteiger partial charge < -0.3 is 15.4 Å². The highest BCUT2D eigenvalue weighted by atomic mass is 35.5. The number of benzene rings is 2. The minimum absolute atomic E-state index is 0. The Morgan fingerprint density at radius 2 is 1.83 bits per heavy atom. The Labute approximate surface area is 246 Å². The van der Waals surface area contributed by atoms with E-state index in [2.05, 4.69) is 25.3 Å². The molecule has 0 spiro atoms. The van der Waals surface area contributed by atoms with E-state index in [9.17, 15) is 18.0 Å². The van der Waals surface area contributed by atoms with Crippen LogP contribution in [0.15, 0.2) is 85.7 Å². The van der Waals surface area contributed by atoms with Crippen LogP contribution < -0.4 is 5.32 Å². The number of aromatic nitrogens is 5. The molecule has 12 heteroatoms. The summed E-state index contributed by atoms with van der Waals surface area (Å²) < 4.78 is 42.6. The summed E-state index contributed by atoms with van der Waals surface area (Å²) in [5.74, 6) is 0.0349. The molecular formula is C30H28ClF3N6O2. The summed E-state index contributed by atoms with van der Waals surface area (Å²) in [4.78, 5) is 30.5. The van der Waals surface area contributed by atoms with Gasteiger partial charge in [-0.2, -0.15) is 13.2 Å². The van der Waals surface area contributed by atoms with Gasteiger partial charge in [-0.25, -0.2) is 15.0 Å². The maximum absolute atomic E-state index is 13.7. The number of anilines is 1. The van der Waals surface area contributed by atoms with Crippen molar-refractivity contribution in [3.8, 4) is 16.9 Å². The molecule has 0 radical (unpaired) electrons. The topological polar surface area (TPSA) is 117 Å². The van der Waals surface area contributed by atoms with Crippen molar-refractivity contribution in [1.82, 2.24) is 24.5 Å². The fourth-order valence-electron chi connectivity index (χ4n) is 4.22. The van der Waals surface area contributed by atoms with E-state index >= 15 is 0 Å². The average molecular weight is 597 g/mol. The van der Waals surface area contributed by atoms with Crippen LogP contribution in [0.5, 0.6) is 0 Å². The number of imidazole rings is 1. The lowest BCUT2D eigenvalue weighted by molar-refractivity contribution is -0.137. The van der Waals surface area contributed by atoms with Crippen LogP contribution >= 0.6 is 12.4 Å². The highest BCUT2D eigenvalue weighted by molar-refractivity contribution is 6.04. The number of alkyl halides is 3. The van der Waals surface area contributed by atoms with Gasteiger partial charge in [-0.05, 0) is 73.0 Å². The molecule has 3 N–H and O–H groups in total. The molecule has 0 saturated carbocycles. The first-order valence-electron chi connectivity index (χ1n) is 12.6. The predicted molar refractivity (Wildman–Crippen MR) is 156 cm³/mol. The van der Waals surface area contributed by atoms with E-state index < -0.39 is 17.6 Å². The van der Waals surface area contributed by atoms with Crippen molar-refractivity contribution in [1.29, 1.82) is 0 Å². The molecule has 0 aliphatic rings. The monoisotopic (exact) mass is 596 g/mol. The molecule has 0 bridgehead atoms. The van der Waals surface area contributed by atoms with Gasteiger partial charge in [0.2, 0.25) is 0 Å². The van der Waals surface area contributed by atoms with E-state index in [-0.39, 0.29) is 29.3 Å². The number of rotatable bonds is 7. The average Bonchev–Trinajstić information content (AvgIpc) is 3.44. The molecule has 0 unspecified atom stereocenters. The molecule has 0 aliphatic heterocycles. The van der Waals surface area contributed by atoms with E-state index in [4.69, 9.17) is 0 Å². The van der Waals surface area contributed by atoms with Crippen LogP contribution in [0, 0.1) is 6.92 Å². The molecule has 3 aromatic heterocycles. The van der Waals surface area contributed by atoms with Crippen molar-refractivity contribution >= 4 is 24.0 Å². The second-order valence-corrected chi connectivity index (χ2v) is 9.26. The summed E-state index contributed by atoms with van der Waals surface area (Å²) in [6, 6.07) is 14.1. The summed E-state index contributed by atoms with van der Waals surface area (Å²) >= 11 is 0. The largest absolute Gasteiger partial charge is 0.416 e. The maximum atomic E-state index is 13.7. The van der Waals surface area contributed by atoms with Crippen molar-refractivity contribution in [3.05, 3.63) is 119 Å². The second-order valence-electron chi connectivity index (χ2n) is 9.26. The Balaban J connectivity index is 0.00000242. The van der Waals surface area contributed by atoms with Crippen LogP contribution in [-0.2, 0) is 19.0 Å². The van der Waals surface area contributed by atoms with Gasteiger partial charge in [0, 0.05) is 53.7 Å². The van der Waals surface area contributed by atoms with Crippen molar-refractivity contribution < 1.29 is 23.4 Å². The van der Waals surface area contributed by atoms with Gasteiger partial charge in [0.1, 0.15) is 5.82 Å². The van der Waals surface area contributed by atoms with E-state index in [1.165, 1.54) is 17.0 Å². The molecule has 0 aliphatic carbocycles. The Kier molecular flexibility index (Phi) is 10.2. The summed E-state index contributed by atoms with van der Waals surface area (Å²) in [6.45, 7) is 3.82. The number of carbonyl (C=O) groups is 1. The lowest BCUT2D eigenvalue weighted by Gasteiger charge is -2.14. The Morgan fingerprint density at radius 1 is 1.02 bits per heavy atom. The van der Waals surface area contributed by atoms with Gasteiger partial charge in [0.05, 0.1) is 23.3 Å². The van der Waals surface area contributed by atoms with Crippen molar-refractivity contribution in [2.24, 2.45) is 0 Å². The van der Waals surface area contributed by atoms with Gasteiger partial charge in [-0.3, -0.25) is 9.78 Å². The zero-order valence-corrected chi connectivity index (χ0v) is 23.5. The number of carbonyl (C=O) groups excluding carboxylic acids is 1. The summed E-state index contributed by atoms with van der Waals surface area (Å²) in [5.41, 5.74) is 3.79. The normalized spacial score (nSPS) is 10.9. The van der Waals surface area contributed by atoms with Crippen LogP contribution in [0.4, 0.5) is 18.9 Å². The smallest absolute Gasteiger partial charge is 0.412 e. The molecule has 1 amide bonds. The molecule has 3 heterocycles. The quantitative estimate of drug-likeness (QED) is 0.245. The molecular weight excluding hydrogens is 569 g/mol. The SMILES string of the molecule is CCc1cn(-c2cc(NC(=O)c3ccc(C)c(Cc4nccc(-c5cccnc5)n4)c3)cc(C(F)(F)F)c2)cn1.Cl.O. The molecule has 42 heavy (non-hydrogen) atoms. The maximum Gasteiger partial charge on any atom is 0.416 e. The molecule has 5 rings (SSSR count). The van der Waals surface area contributed by atoms with Gasteiger partial charge in [-0.1, -0.05) is 13.0 Å². The fraction of sp³-hybridized carbons (Fsp3) is 0.167. The van der Waals surface area contributed by atoms with E-state index in [0.717, 1.165) is 40.2 Å². The zero-order chi connectivity index (χ0) is 28.3. The summed E-state index contributed by atoms with van der Waals surface area (Å²) in [5, 5.41) is 2.63. The van der Waals surface area contributed by atoms with E-state index in [0.29, 0.717) is 24.2 Å². The predicted octanol–water partition coefficient (Wildman–Crippen LogP) is 6.05. The highest BCUT2D eigenvalue weighted by Crippen LogP contribution is 2.33. The molecule has 0 fully saturated rings. The van der Waals surface area contributed by atoms with Crippen LogP contribution in [0.2, 0.25) is 0 Å². The zero-order valence-electron chi connectivity index (χ0n) is 22.7. The van der Waals surface area contributed by atoms with Crippen LogP contribution in [0.25, 0.3) is 16.9 Å². The van der Waals surface area contributed by atoms with Gasteiger partial charge >= 0.3 is 6.18 Å². The summed E-state index contributed by atoms with van der Waals surface area (Å²) in [7, 11) is 0. The Bertz CT molecular complexity index is 1680. The van der Waals surface area contributed by atoms with Crippen LogP contribution in [-0.4, -0.2) is 35.9 Å². The minimum atomic E-state index is -4.59. The number of amides is 1. The molecule has 5 aromatic rings. The van der Waals surface area contributed by atoms with E-state index in [1.807, 2.05) is 26.0 Å². The first kappa shape index (κ1) is 31.9. The van der Waals surface area contributed by atoms with Gasteiger partial charge in [0.25, 0.3) is 5.91 Å². The number of halogens is 4. The van der Waals surface area contributed by atoms with Crippen molar-refractivity contribution in [2.75, 3.05) is 5.32 Å². The number of hydrogen-bond acceptors (Lipinski definition) is 5. The van der Waals surface area contributed by atoms with Crippen LogP contribution in [0.3, 0.4) is 0 Å². The standard InChI is InChI=1S/C30H25F3N6O.ClH.H2O/c1-3-24-17-39(18-36-24)26-14-23(30(31,32)33)13-25(15-26)37-29(40)20-7-6-19(2)22(11-20)12-28-35-10-8-27(38-28)21-5-4-9-34-16-21;;/h4-11,13-18H,3,12H2,1-2H3,(H,37,40);1H;1H2. The first-order chi connectivity index (χ1) is 19.2. The molecule has 8 nitrogen and oxygen atoms in total. The fourth-order valence-corrected chi connectivity index (χ4v) is 4.22. The molecule has 0 saturated heterocycles. The number of nitrogens with one attached hydrogen (secondary N) is 1. The molecule has 2 aromatic carbocycles. The Morgan fingerprint density at radius 3 is 2.52 bits per heavy atom. The number of nitrogens with zero attached hydrogens (tertiary/aromatic N) is 5. The number of hydrogen-bond donors (Lipinski definition) is 1. The third-order valence-electron chi connectivity index (χ3n) is 6.42.